The topological polar surface area (TPSA) is 120 Å². The Morgan fingerprint density at radius 3 is 2.69 bits per heavy atom. The van der Waals surface area contributed by atoms with Gasteiger partial charge >= 0.3 is 6.61 Å². The Labute approximate surface area is 242 Å². The molecule has 0 amide bonds. The van der Waals surface area contributed by atoms with Crippen molar-refractivity contribution in [2.24, 2.45) is 0 Å². The molecule has 0 bridgehead atoms. The molecule has 1 fully saturated rings. The minimum Gasteiger partial charge on any atom is -0.435 e. The van der Waals surface area contributed by atoms with Gasteiger partial charge in [0.25, 0.3) is 0 Å². The number of hydrogen-bond donors (Lipinski definition) is 3. The van der Waals surface area contributed by atoms with Gasteiger partial charge in [0, 0.05) is 18.2 Å². The van der Waals surface area contributed by atoms with Gasteiger partial charge in [-0.3, -0.25) is 4.68 Å². The Morgan fingerprint density at radius 2 is 1.88 bits per heavy atom. The Balaban J connectivity index is 1.16. The Bertz CT molecular complexity index is 1600. The van der Waals surface area contributed by atoms with Crippen LogP contribution in [0.15, 0.2) is 73.1 Å². The second kappa shape index (κ2) is 12.6. The first kappa shape index (κ1) is 27.8. The van der Waals surface area contributed by atoms with E-state index in [9.17, 15) is 8.78 Å². The molecule has 1 aliphatic carbocycles. The molecule has 4 N–H and O–H groups in total. The standard InChI is InChI=1S/C31H34F2N8O/c32-31(33)42-25-8-4-5-20(15-25)18-41-19-23(17-36-41)26(27-16-28(34)37-30-29(27)38-40-39-30)13-14-35-24-11-9-22(10-12-24)21-6-2-1-3-7-21/h1-8,15-17,19,22,24,26,31,35H,9-14,18H2,(H3,34,37,38,39,40). The highest BCUT2D eigenvalue weighted by molar-refractivity contribution is 5.77. The molecule has 0 spiro atoms. The molecule has 6 rings (SSSR count). The zero-order valence-electron chi connectivity index (χ0n) is 23.2. The van der Waals surface area contributed by atoms with Crippen molar-refractivity contribution in [3.05, 3.63) is 95.3 Å². The number of aromatic nitrogens is 6. The van der Waals surface area contributed by atoms with E-state index in [4.69, 9.17) is 5.73 Å². The normalized spacial score (nSPS) is 18.0. The number of fused-ring (bicyclic) bond motifs is 1. The summed E-state index contributed by atoms with van der Waals surface area (Å²) in [5.41, 5.74) is 11.6. The summed E-state index contributed by atoms with van der Waals surface area (Å²) in [5.74, 6) is 1.09. The van der Waals surface area contributed by atoms with Gasteiger partial charge in [-0.1, -0.05) is 47.7 Å². The van der Waals surface area contributed by atoms with E-state index < -0.39 is 6.61 Å². The first-order valence-corrected chi connectivity index (χ1v) is 14.3. The number of nitrogens with one attached hydrogen (secondary N) is 2. The van der Waals surface area contributed by atoms with Crippen LogP contribution in [0.3, 0.4) is 0 Å². The van der Waals surface area contributed by atoms with Crippen molar-refractivity contribution in [3.8, 4) is 5.75 Å². The van der Waals surface area contributed by atoms with Crippen molar-refractivity contribution in [1.29, 1.82) is 0 Å². The quantitative estimate of drug-likeness (QED) is 0.188. The lowest BCUT2D eigenvalue weighted by molar-refractivity contribution is -0.0498. The summed E-state index contributed by atoms with van der Waals surface area (Å²) in [4.78, 5) is 4.34. The van der Waals surface area contributed by atoms with Crippen LogP contribution in [-0.4, -0.2) is 49.4 Å². The van der Waals surface area contributed by atoms with Crippen molar-refractivity contribution in [2.45, 2.75) is 63.1 Å². The predicted molar refractivity (Wildman–Crippen MR) is 156 cm³/mol. The van der Waals surface area contributed by atoms with Gasteiger partial charge in [-0.25, -0.2) is 10.1 Å². The molecule has 1 unspecified atom stereocenters. The number of alkyl halides is 2. The van der Waals surface area contributed by atoms with Gasteiger partial charge in [-0.05, 0) is 85.0 Å². The lowest BCUT2D eigenvalue weighted by Crippen LogP contribution is -2.34. The van der Waals surface area contributed by atoms with E-state index in [0.717, 1.165) is 42.5 Å². The molecule has 3 heterocycles. The minimum absolute atomic E-state index is 0.0571. The number of H-pyrrole nitrogens is 1. The maximum Gasteiger partial charge on any atom is 0.387 e. The number of benzene rings is 2. The SMILES string of the molecule is Nc1cc(C(CCNC2CCC(c3ccccc3)CC2)c2cnn(Cc3cccc(OC(F)F)c3)c2)c2nn[nH]c2n1. The highest BCUT2D eigenvalue weighted by atomic mass is 19.3. The maximum atomic E-state index is 12.7. The second-order valence-corrected chi connectivity index (χ2v) is 10.9. The Hall–Kier alpha value is -4.38. The molecule has 9 nitrogen and oxygen atoms in total. The number of pyridine rings is 1. The highest BCUT2D eigenvalue weighted by Gasteiger charge is 2.25. The fraction of sp³-hybridized carbons (Fsp3) is 0.355. The van der Waals surface area contributed by atoms with Crippen LogP contribution in [0.1, 0.15) is 66.2 Å². The minimum atomic E-state index is -2.87. The summed E-state index contributed by atoms with van der Waals surface area (Å²) < 4.78 is 31.7. The molecule has 11 heteroatoms. The zero-order chi connectivity index (χ0) is 28.9. The van der Waals surface area contributed by atoms with Crippen LogP contribution in [0.5, 0.6) is 5.75 Å². The summed E-state index contributed by atoms with van der Waals surface area (Å²) in [6.07, 6.45) is 9.28. The largest absolute Gasteiger partial charge is 0.435 e. The van der Waals surface area contributed by atoms with Crippen molar-refractivity contribution >= 4 is 17.0 Å². The number of aromatic amines is 1. The predicted octanol–water partition coefficient (Wildman–Crippen LogP) is 5.62. The highest BCUT2D eigenvalue weighted by Crippen LogP contribution is 2.34. The van der Waals surface area contributed by atoms with E-state index >= 15 is 0 Å². The summed E-state index contributed by atoms with van der Waals surface area (Å²) in [7, 11) is 0. The second-order valence-electron chi connectivity index (χ2n) is 10.9. The molecule has 0 aliphatic heterocycles. The number of nitrogens with zero attached hydrogens (tertiary/aromatic N) is 5. The zero-order valence-corrected chi connectivity index (χ0v) is 23.2. The van der Waals surface area contributed by atoms with Gasteiger partial charge in [0.1, 0.15) is 17.1 Å². The Morgan fingerprint density at radius 1 is 1.05 bits per heavy atom. The van der Waals surface area contributed by atoms with E-state index in [-0.39, 0.29) is 11.7 Å². The first-order chi connectivity index (χ1) is 20.5. The summed E-state index contributed by atoms with van der Waals surface area (Å²) >= 11 is 0. The smallest absolute Gasteiger partial charge is 0.387 e. The van der Waals surface area contributed by atoms with Crippen LogP contribution in [0.4, 0.5) is 14.6 Å². The van der Waals surface area contributed by atoms with E-state index in [1.807, 2.05) is 24.5 Å². The fourth-order valence-corrected chi connectivity index (χ4v) is 6.09. The van der Waals surface area contributed by atoms with E-state index in [0.29, 0.717) is 35.5 Å². The van der Waals surface area contributed by atoms with Crippen LogP contribution >= 0.6 is 0 Å². The number of nitrogens with two attached hydrogens (primary N) is 1. The molecular weight excluding hydrogens is 538 g/mol. The monoisotopic (exact) mass is 572 g/mol. The Kier molecular flexibility index (Phi) is 8.36. The number of halogens is 2. The molecule has 218 valence electrons. The summed E-state index contributed by atoms with van der Waals surface area (Å²) in [5, 5.41) is 19.5. The van der Waals surface area contributed by atoms with Gasteiger partial charge in [0.05, 0.1) is 12.7 Å². The third kappa shape index (κ3) is 6.57. The molecule has 5 aromatic rings. The summed E-state index contributed by atoms with van der Waals surface area (Å²) in [6, 6.07) is 19.8. The van der Waals surface area contributed by atoms with Gasteiger partial charge in [-0.2, -0.15) is 13.9 Å². The molecule has 3 aromatic heterocycles. The lowest BCUT2D eigenvalue weighted by atomic mass is 9.81. The van der Waals surface area contributed by atoms with E-state index in [1.54, 1.807) is 16.8 Å². The number of ether oxygens (including phenoxy) is 1. The number of hydrogen-bond acceptors (Lipinski definition) is 7. The number of anilines is 1. The van der Waals surface area contributed by atoms with Crippen molar-refractivity contribution < 1.29 is 13.5 Å². The van der Waals surface area contributed by atoms with Crippen LogP contribution < -0.4 is 15.8 Å². The van der Waals surface area contributed by atoms with Crippen LogP contribution in [0, 0.1) is 0 Å². The first-order valence-electron chi connectivity index (χ1n) is 14.3. The molecule has 1 atom stereocenters. The van der Waals surface area contributed by atoms with Gasteiger partial charge in [0.2, 0.25) is 0 Å². The molecule has 0 saturated heterocycles. The van der Waals surface area contributed by atoms with Gasteiger partial charge in [0.15, 0.2) is 5.65 Å². The molecular formula is C31H34F2N8O. The lowest BCUT2D eigenvalue weighted by Gasteiger charge is -2.30. The van der Waals surface area contributed by atoms with E-state index in [2.05, 4.69) is 65.9 Å². The third-order valence-electron chi connectivity index (χ3n) is 8.11. The maximum absolute atomic E-state index is 12.7. The van der Waals surface area contributed by atoms with Crippen molar-refractivity contribution in [3.63, 3.8) is 0 Å². The van der Waals surface area contributed by atoms with E-state index in [1.165, 1.54) is 24.5 Å². The molecule has 2 aromatic carbocycles. The van der Waals surface area contributed by atoms with Crippen molar-refractivity contribution in [2.75, 3.05) is 12.3 Å². The van der Waals surface area contributed by atoms with Gasteiger partial charge in [-0.15, -0.1) is 5.10 Å². The molecule has 1 saturated carbocycles. The third-order valence-corrected chi connectivity index (χ3v) is 8.11. The number of rotatable bonds is 11. The average molecular weight is 573 g/mol. The van der Waals surface area contributed by atoms with Crippen LogP contribution in [0.2, 0.25) is 0 Å². The fourth-order valence-electron chi connectivity index (χ4n) is 6.09. The molecule has 42 heavy (non-hydrogen) atoms. The number of nitrogen functional groups attached to an aromatic ring is 1. The van der Waals surface area contributed by atoms with Crippen LogP contribution in [-0.2, 0) is 6.54 Å². The van der Waals surface area contributed by atoms with Crippen LogP contribution in [0.25, 0.3) is 11.2 Å². The molecule has 0 radical (unpaired) electrons. The summed E-state index contributed by atoms with van der Waals surface area (Å²) in [6.45, 7) is -1.65. The van der Waals surface area contributed by atoms with Gasteiger partial charge < -0.3 is 15.8 Å². The average Bonchev–Trinajstić information content (AvgIpc) is 3.65. The molecule has 1 aliphatic rings. The van der Waals surface area contributed by atoms with Crippen molar-refractivity contribution in [1.82, 2.24) is 35.5 Å².